The minimum absolute atomic E-state index is 0. The molecule has 1 fully saturated rings. The van der Waals surface area contributed by atoms with E-state index in [0.29, 0.717) is 13.2 Å². The molecule has 3 rings (SSSR count). The summed E-state index contributed by atoms with van der Waals surface area (Å²) in [6, 6.07) is -0.453. The van der Waals surface area contributed by atoms with Crippen molar-refractivity contribution in [2.75, 3.05) is 13.2 Å². The van der Waals surface area contributed by atoms with Crippen molar-refractivity contribution in [2.24, 2.45) is 0 Å². The molecule has 9 heteroatoms. The van der Waals surface area contributed by atoms with Gasteiger partial charge in [-0.1, -0.05) is 6.42 Å². The third kappa shape index (κ3) is 4.59. The molecule has 2 aliphatic rings. The van der Waals surface area contributed by atoms with Crippen LogP contribution in [0, 0.1) is 0 Å². The number of hydrogen-bond donors (Lipinski definition) is 2. The molecular formula is C15H27Cl2N5O2. The molecule has 7 nitrogen and oxygen atoms in total. The van der Waals surface area contributed by atoms with Gasteiger partial charge in [0.25, 0.3) is 0 Å². The summed E-state index contributed by atoms with van der Waals surface area (Å²) in [4.78, 5) is 12.4. The van der Waals surface area contributed by atoms with E-state index in [2.05, 4.69) is 25.4 Å². The van der Waals surface area contributed by atoms with Gasteiger partial charge in [0.1, 0.15) is 11.9 Å². The van der Waals surface area contributed by atoms with Crippen LogP contribution in [-0.4, -0.2) is 46.0 Å². The van der Waals surface area contributed by atoms with Gasteiger partial charge in [0.2, 0.25) is 5.91 Å². The topological polar surface area (TPSA) is 81.1 Å². The molecule has 1 saturated heterocycles. The third-order valence-electron chi connectivity index (χ3n) is 4.48. The highest BCUT2D eigenvalue weighted by Crippen LogP contribution is 2.19. The second kappa shape index (κ2) is 9.56. The van der Waals surface area contributed by atoms with Gasteiger partial charge in [-0.2, -0.15) is 0 Å². The fraction of sp³-hybridized carbons (Fsp3) is 0.800. The first-order chi connectivity index (χ1) is 10.7. The van der Waals surface area contributed by atoms with Gasteiger partial charge in [-0.3, -0.25) is 4.79 Å². The molecule has 0 unspecified atom stereocenters. The highest BCUT2D eigenvalue weighted by Gasteiger charge is 2.30. The Morgan fingerprint density at radius 3 is 2.88 bits per heavy atom. The van der Waals surface area contributed by atoms with Crippen molar-refractivity contribution in [3.05, 3.63) is 11.6 Å². The normalized spacial score (nSPS) is 24.6. The molecule has 1 aromatic heterocycles. The van der Waals surface area contributed by atoms with Crippen LogP contribution in [0.15, 0.2) is 0 Å². The standard InChI is InChI=1S/C15H25N5O2.2ClH/c1-10(17-15(21)13-11(2)22-9-7-16-13)14-19-18-12-6-4-3-5-8-20(12)14;;/h10-11,13,16H,3-9H2,1-2H3,(H,17,21);2*1H/t10-,11-,13+;;/m1../s1. The molecule has 24 heavy (non-hydrogen) atoms. The summed E-state index contributed by atoms with van der Waals surface area (Å²) in [5, 5.41) is 14.9. The Kier molecular flexibility index (Phi) is 8.42. The van der Waals surface area contributed by atoms with Crippen molar-refractivity contribution in [1.29, 1.82) is 0 Å². The number of nitrogens with one attached hydrogen (secondary N) is 2. The fourth-order valence-electron chi connectivity index (χ4n) is 3.22. The molecule has 0 radical (unpaired) electrons. The maximum Gasteiger partial charge on any atom is 0.240 e. The smallest absolute Gasteiger partial charge is 0.240 e. The summed E-state index contributed by atoms with van der Waals surface area (Å²) in [6.45, 7) is 6.19. The van der Waals surface area contributed by atoms with E-state index in [1.807, 2.05) is 13.8 Å². The summed E-state index contributed by atoms with van der Waals surface area (Å²) in [7, 11) is 0. The molecule has 2 aliphatic heterocycles. The zero-order valence-electron chi connectivity index (χ0n) is 14.2. The van der Waals surface area contributed by atoms with Crippen molar-refractivity contribution in [2.45, 2.75) is 64.3 Å². The average Bonchev–Trinajstić information content (AvgIpc) is 2.77. The van der Waals surface area contributed by atoms with Crippen LogP contribution in [-0.2, 0) is 22.5 Å². The number of amides is 1. The van der Waals surface area contributed by atoms with Gasteiger partial charge in [0, 0.05) is 19.5 Å². The van der Waals surface area contributed by atoms with Crippen LogP contribution in [0.2, 0.25) is 0 Å². The fourth-order valence-corrected chi connectivity index (χ4v) is 3.22. The minimum atomic E-state index is -0.303. The van der Waals surface area contributed by atoms with Gasteiger partial charge < -0.3 is 19.9 Å². The predicted octanol–water partition coefficient (Wildman–Crippen LogP) is 1.40. The lowest BCUT2D eigenvalue weighted by atomic mass is 10.1. The van der Waals surface area contributed by atoms with Gasteiger partial charge >= 0.3 is 0 Å². The molecule has 138 valence electrons. The maximum atomic E-state index is 12.4. The van der Waals surface area contributed by atoms with Gasteiger partial charge in [0.15, 0.2) is 5.82 Å². The van der Waals surface area contributed by atoms with E-state index in [1.165, 1.54) is 12.8 Å². The summed E-state index contributed by atoms with van der Waals surface area (Å²) >= 11 is 0. The second-order valence-corrected chi connectivity index (χ2v) is 6.17. The molecule has 1 aromatic rings. The Morgan fingerprint density at radius 1 is 1.33 bits per heavy atom. The summed E-state index contributed by atoms with van der Waals surface area (Å²) in [6.07, 6.45) is 4.40. The number of hydrogen-bond acceptors (Lipinski definition) is 5. The van der Waals surface area contributed by atoms with Crippen LogP contribution in [0.25, 0.3) is 0 Å². The Balaban J connectivity index is 0.00000144. The number of nitrogens with zero attached hydrogens (tertiary/aromatic N) is 3. The second-order valence-electron chi connectivity index (χ2n) is 6.17. The van der Waals surface area contributed by atoms with Crippen LogP contribution in [0.5, 0.6) is 0 Å². The van der Waals surface area contributed by atoms with Gasteiger partial charge in [-0.15, -0.1) is 35.0 Å². The SMILES string of the molecule is C[C@@H](NC(=O)[C@H]1NCCO[C@@H]1C)c1nnc2n1CCCCC2.Cl.Cl. The molecule has 1 amide bonds. The summed E-state index contributed by atoms with van der Waals surface area (Å²) in [5.41, 5.74) is 0. The largest absolute Gasteiger partial charge is 0.375 e. The number of halogens is 2. The Labute approximate surface area is 155 Å². The first-order valence-corrected chi connectivity index (χ1v) is 8.24. The zero-order chi connectivity index (χ0) is 15.5. The van der Waals surface area contributed by atoms with E-state index in [1.54, 1.807) is 0 Å². The number of rotatable bonds is 3. The summed E-state index contributed by atoms with van der Waals surface area (Å²) < 4.78 is 7.71. The van der Waals surface area contributed by atoms with E-state index >= 15 is 0 Å². The molecule has 3 atom stereocenters. The molecule has 0 bridgehead atoms. The van der Waals surface area contributed by atoms with E-state index in [0.717, 1.165) is 31.0 Å². The number of aromatic nitrogens is 3. The number of morpholine rings is 1. The molecule has 0 spiro atoms. The van der Waals surface area contributed by atoms with E-state index in [4.69, 9.17) is 4.74 Å². The monoisotopic (exact) mass is 379 g/mol. The maximum absolute atomic E-state index is 12.4. The van der Waals surface area contributed by atoms with Gasteiger partial charge in [-0.25, -0.2) is 0 Å². The number of fused-ring (bicyclic) bond motifs is 1. The molecular weight excluding hydrogens is 353 g/mol. The lowest BCUT2D eigenvalue weighted by Gasteiger charge is -2.30. The van der Waals surface area contributed by atoms with Crippen molar-refractivity contribution >= 4 is 30.7 Å². The van der Waals surface area contributed by atoms with Crippen LogP contribution >= 0.6 is 24.8 Å². The molecule has 2 N–H and O–H groups in total. The predicted molar refractivity (Wildman–Crippen MR) is 95.8 cm³/mol. The minimum Gasteiger partial charge on any atom is -0.375 e. The first-order valence-electron chi connectivity index (χ1n) is 8.24. The highest BCUT2D eigenvalue weighted by atomic mass is 35.5. The van der Waals surface area contributed by atoms with Crippen LogP contribution in [0.3, 0.4) is 0 Å². The lowest BCUT2D eigenvalue weighted by molar-refractivity contribution is -0.129. The van der Waals surface area contributed by atoms with Crippen LogP contribution < -0.4 is 10.6 Å². The lowest BCUT2D eigenvalue weighted by Crippen LogP contribution is -2.55. The Hall–Kier alpha value is -0.890. The molecule has 0 saturated carbocycles. The number of carbonyl (C=O) groups excluding carboxylic acids is 1. The van der Waals surface area contributed by atoms with E-state index < -0.39 is 0 Å². The Bertz CT molecular complexity index is 540. The van der Waals surface area contributed by atoms with E-state index in [9.17, 15) is 4.79 Å². The number of ether oxygens (including phenoxy) is 1. The highest BCUT2D eigenvalue weighted by molar-refractivity contribution is 5.85. The van der Waals surface area contributed by atoms with Crippen molar-refractivity contribution in [3.8, 4) is 0 Å². The van der Waals surface area contributed by atoms with Gasteiger partial charge in [-0.05, 0) is 26.7 Å². The van der Waals surface area contributed by atoms with Crippen LogP contribution in [0.1, 0.15) is 50.8 Å². The number of aryl methyl sites for hydroxylation is 1. The average molecular weight is 380 g/mol. The Morgan fingerprint density at radius 2 is 2.12 bits per heavy atom. The quantitative estimate of drug-likeness (QED) is 0.829. The zero-order valence-corrected chi connectivity index (χ0v) is 15.8. The first kappa shape index (κ1) is 21.2. The molecule has 3 heterocycles. The summed E-state index contributed by atoms with van der Waals surface area (Å²) in [5.74, 6) is 1.86. The van der Waals surface area contributed by atoms with Crippen molar-refractivity contribution in [1.82, 2.24) is 25.4 Å². The van der Waals surface area contributed by atoms with Crippen molar-refractivity contribution in [3.63, 3.8) is 0 Å². The molecule has 0 aromatic carbocycles. The van der Waals surface area contributed by atoms with Crippen LogP contribution in [0.4, 0.5) is 0 Å². The van der Waals surface area contributed by atoms with Crippen molar-refractivity contribution < 1.29 is 9.53 Å². The third-order valence-corrected chi connectivity index (χ3v) is 4.48. The van der Waals surface area contributed by atoms with E-state index in [-0.39, 0.29) is 48.9 Å². The number of carbonyl (C=O) groups is 1. The molecule has 0 aliphatic carbocycles. The van der Waals surface area contributed by atoms with Gasteiger partial charge in [0.05, 0.1) is 18.8 Å².